The molecular weight excluding hydrogens is 358 g/mol. The van der Waals surface area contributed by atoms with Crippen molar-refractivity contribution in [1.82, 2.24) is 0 Å². The van der Waals surface area contributed by atoms with Crippen LogP contribution in [0.15, 0.2) is 84.9 Å². The maximum atomic E-state index is 9.79. The van der Waals surface area contributed by atoms with Gasteiger partial charge in [-0.15, -0.1) is 0 Å². The Hall–Kier alpha value is -2.88. The first-order valence-electron chi connectivity index (χ1n) is 10.1. The number of hydrogen-bond donors (Lipinski definition) is 1. The maximum absolute atomic E-state index is 9.79. The van der Waals surface area contributed by atoms with Gasteiger partial charge in [0.05, 0.1) is 14.1 Å². The van der Waals surface area contributed by atoms with E-state index in [-0.39, 0.29) is 4.65 Å². The molecule has 29 heavy (non-hydrogen) atoms. The van der Waals surface area contributed by atoms with Crippen molar-refractivity contribution >= 4 is 11.1 Å². The molecule has 0 heterocycles. The first kappa shape index (κ1) is 20.8. The van der Waals surface area contributed by atoms with Crippen LogP contribution >= 0.6 is 0 Å². The maximum Gasteiger partial charge on any atom is 0.142 e. The van der Waals surface area contributed by atoms with Crippen molar-refractivity contribution in [3.8, 4) is 5.75 Å². The van der Waals surface area contributed by atoms with Crippen molar-refractivity contribution in [3.05, 3.63) is 102 Å². The van der Waals surface area contributed by atoms with Crippen LogP contribution in [0.25, 0.3) is 11.1 Å². The zero-order valence-corrected chi connectivity index (χ0v) is 17.5. The quantitative estimate of drug-likeness (QED) is 0.296. The first-order chi connectivity index (χ1) is 14.0. The van der Waals surface area contributed by atoms with E-state index in [2.05, 4.69) is 73.7 Å². The molecule has 0 saturated carbocycles. The number of hydrogen-bond acceptors (Lipinski definition) is 2. The van der Waals surface area contributed by atoms with E-state index in [1.807, 2.05) is 18.2 Å². The zero-order chi connectivity index (χ0) is 20.7. The summed E-state index contributed by atoms with van der Waals surface area (Å²) in [6, 6.07) is 29.4. The van der Waals surface area contributed by atoms with Gasteiger partial charge in [0, 0.05) is 0 Å². The third-order valence-corrected chi connectivity index (χ3v) is 4.89. The lowest BCUT2D eigenvalue weighted by molar-refractivity contribution is -1.07. The molecule has 0 amide bonds. The van der Waals surface area contributed by atoms with E-state index in [1.165, 1.54) is 27.8 Å². The van der Waals surface area contributed by atoms with Gasteiger partial charge in [0.15, 0.2) is 0 Å². The molecule has 3 aromatic rings. The fourth-order valence-corrected chi connectivity index (χ4v) is 3.39. The molecule has 0 radical (unpaired) electrons. The van der Waals surface area contributed by atoms with Crippen LogP contribution < -0.4 is 4.74 Å². The smallest absolute Gasteiger partial charge is 0.142 e. The molecule has 3 rings (SSSR count). The third kappa shape index (κ3) is 5.80. The van der Waals surface area contributed by atoms with Crippen LogP contribution in [0, 0.1) is 0 Å². The molecule has 3 heteroatoms. The highest BCUT2D eigenvalue weighted by Gasteiger charge is 2.14. The highest BCUT2D eigenvalue weighted by Crippen LogP contribution is 2.34. The van der Waals surface area contributed by atoms with Crippen LogP contribution in [-0.4, -0.2) is 37.1 Å². The summed E-state index contributed by atoms with van der Waals surface area (Å²) in [5.74, 6) is 0.812. The molecule has 3 nitrogen and oxygen atoms in total. The van der Waals surface area contributed by atoms with Crippen molar-refractivity contribution in [3.63, 3.8) is 0 Å². The third-order valence-electron chi connectivity index (χ3n) is 4.89. The molecule has 0 atom stereocenters. The molecule has 0 aliphatic carbocycles. The Morgan fingerprint density at radius 1 is 0.759 bits per heavy atom. The van der Waals surface area contributed by atoms with Crippen molar-refractivity contribution in [2.45, 2.75) is 13.3 Å². The Labute approximate surface area is 174 Å². The standard InChI is InChI=1S/C26H30NO2/c1-4-25(21-11-7-5-8-12-21)26(22-13-9-6-10-14-22)23-15-17-24(18-16-23)29-20-19-27(2,3)28/h5-18,28H,4,19-20H2,1-3H3/q+1/b26-25-. The monoisotopic (exact) mass is 388 g/mol. The Balaban J connectivity index is 1.96. The van der Waals surface area contributed by atoms with Crippen LogP contribution in [-0.2, 0) is 0 Å². The Morgan fingerprint density at radius 2 is 1.28 bits per heavy atom. The predicted molar refractivity (Wildman–Crippen MR) is 120 cm³/mol. The summed E-state index contributed by atoms with van der Waals surface area (Å²) in [7, 11) is 3.47. The van der Waals surface area contributed by atoms with E-state index in [0.29, 0.717) is 13.2 Å². The van der Waals surface area contributed by atoms with Gasteiger partial charge in [-0.25, -0.2) is 5.21 Å². The summed E-state index contributed by atoms with van der Waals surface area (Å²) >= 11 is 0. The molecule has 150 valence electrons. The van der Waals surface area contributed by atoms with Crippen molar-refractivity contribution in [1.29, 1.82) is 0 Å². The van der Waals surface area contributed by atoms with E-state index in [1.54, 1.807) is 14.1 Å². The van der Waals surface area contributed by atoms with Gasteiger partial charge in [-0.2, -0.15) is 4.65 Å². The van der Waals surface area contributed by atoms with Crippen LogP contribution in [0.5, 0.6) is 5.75 Å². The number of quaternary nitrogens is 1. The summed E-state index contributed by atoms with van der Waals surface area (Å²) in [4.78, 5) is 0. The molecule has 0 aliphatic rings. The van der Waals surface area contributed by atoms with Gasteiger partial charge in [0.25, 0.3) is 0 Å². The highest BCUT2D eigenvalue weighted by molar-refractivity contribution is 5.98. The SMILES string of the molecule is CC/C(=C(\c1ccccc1)c1ccc(OCC[N+](C)(C)O)cc1)c1ccccc1. The van der Waals surface area contributed by atoms with Gasteiger partial charge < -0.3 is 4.74 Å². The summed E-state index contributed by atoms with van der Waals surface area (Å²) in [5, 5.41) is 9.79. The molecule has 0 spiro atoms. The minimum Gasteiger partial charge on any atom is -0.488 e. The van der Waals surface area contributed by atoms with Crippen molar-refractivity contribution in [2.24, 2.45) is 0 Å². The van der Waals surface area contributed by atoms with Gasteiger partial charge in [0.2, 0.25) is 0 Å². The number of likely N-dealkylation sites (N-methyl/N-ethyl adjacent to an activating group) is 1. The minimum atomic E-state index is -0.101. The number of nitrogens with zero attached hydrogens (tertiary/aromatic N) is 1. The molecular formula is C26H30NO2+. The molecule has 0 aliphatic heterocycles. The molecule has 0 aromatic heterocycles. The number of rotatable bonds is 8. The van der Waals surface area contributed by atoms with Crippen LogP contribution in [0.1, 0.15) is 30.0 Å². The zero-order valence-electron chi connectivity index (χ0n) is 17.5. The Morgan fingerprint density at radius 3 is 1.79 bits per heavy atom. The molecule has 0 fully saturated rings. The fraction of sp³-hybridized carbons (Fsp3) is 0.231. The Kier molecular flexibility index (Phi) is 6.86. The van der Waals surface area contributed by atoms with Crippen molar-refractivity contribution in [2.75, 3.05) is 27.2 Å². The predicted octanol–water partition coefficient (Wildman–Crippen LogP) is 5.90. The largest absolute Gasteiger partial charge is 0.488 e. The first-order valence-corrected chi connectivity index (χ1v) is 10.1. The van der Waals surface area contributed by atoms with Gasteiger partial charge >= 0.3 is 0 Å². The topological polar surface area (TPSA) is 29.5 Å². The average Bonchev–Trinajstić information content (AvgIpc) is 2.73. The number of ether oxygens (including phenoxy) is 1. The number of benzene rings is 3. The second-order valence-electron chi connectivity index (χ2n) is 7.66. The summed E-state index contributed by atoms with van der Waals surface area (Å²) < 4.78 is 5.70. The van der Waals surface area contributed by atoms with E-state index in [0.717, 1.165) is 12.2 Å². The molecule has 0 unspecified atom stereocenters. The fourth-order valence-electron chi connectivity index (χ4n) is 3.39. The summed E-state index contributed by atoms with van der Waals surface area (Å²) in [6.07, 6.45) is 0.940. The second-order valence-corrected chi connectivity index (χ2v) is 7.66. The van der Waals surface area contributed by atoms with Crippen LogP contribution in [0.4, 0.5) is 0 Å². The second kappa shape index (κ2) is 9.55. The van der Waals surface area contributed by atoms with E-state index in [9.17, 15) is 5.21 Å². The lowest BCUT2D eigenvalue weighted by Crippen LogP contribution is -2.38. The van der Waals surface area contributed by atoms with Crippen LogP contribution in [0.2, 0.25) is 0 Å². The lowest BCUT2D eigenvalue weighted by Gasteiger charge is -2.19. The summed E-state index contributed by atoms with van der Waals surface area (Å²) in [5.41, 5.74) is 6.20. The molecule has 0 bridgehead atoms. The van der Waals surface area contributed by atoms with Gasteiger partial charge in [-0.05, 0) is 46.4 Å². The van der Waals surface area contributed by atoms with E-state index in [4.69, 9.17) is 4.74 Å². The number of hydroxylamine groups is 3. The lowest BCUT2D eigenvalue weighted by atomic mass is 9.88. The van der Waals surface area contributed by atoms with Gasteiger partial charge in [-0.3, -0.25) is 0 Å². The molecule has 3 aromatic carbocycles. The number of allylic oxidation sites excluding steroid dienone is 1. The summed E-state index contributed by atoms with van der Waals surface area (Å²) in [6.45, 7) is 3.21. The van der Waals surface area contributed by atoms with E-state index < -0.39 is 0 Å². The van der Waals surface area contributed by atoms with Crippen molar-refractivity contribution < 1.29 is 14.6 Å². The Bertz CT molecular complexity index is 924. The normalized spacial score (nSPS) is 12.4. The van der Waals surface area contributed by atoms with Gasteiger partial charge in [0.1, 0.15) is 18.9 Å². The highest BCUT2D eigenvalue weighted by atomic mass is 16.5. The molecule has 0 saturated heterocycles. The minimum absolute atomic E-state index is 0.101. The molecule has 1 N–H and O–H groups in total. The average molecular weight is 389 g/mol. The van der Waals surface area contributed by atoms with E-state index >= 15 is 0 Å². The van der Waals surface area contributed by atoms with Crippen LogP contribution in [0.3, 0.4) is 0 Å². The van der Waals surface area contributed by atoms with Gasteiger partial charge in [-0.1, -0.05) is 79.7 Å².